The summed E-state index contributed by atoms with van der Waals surface area (Å²) >= 11 is 0. The van der Waals surface area contributed by atoms with Crippen molar-refractivity contribution in [3.8, 4) is 11.5 Å². The van der Waals surface area contributed by atoms with E-state index < -0.39 is 6.10 Å². The number of phenolic OH excluding ortho intramolecular Hbond substituents is 1. The van der Waals surface area contributed by atoms with Gasteiger partial charge in [-0.3, -0.25) is 9.59 Å². The first-order valence-electron chi connectivity index (χ1n) is 13.0. The number of ether oxygens (including phenoxy) is 2. The Hall–Kier alpha value is -2.76. The molecule has 0 spiro atoms. The van der Waals surface area contributed by atoms with Crippen LogP contribution in [0, 0.1) is 11.8 Å². The normalized spacial score (nSPS) is 13.7. The number of aromatic hydroxyl groups is 1. The van der Waals surface area contributed by atoms with Crippen molar-refractivity contribution in [2.24, 2.45) is 11.8 Å². The number of carbonyl (C=O) groups excluding carboxylic acids is 2. The number of phenols is 1. The number of carbonyl (C=O) groups is 2. The zero-order chi connectivity index (χ0) is 25.6. The Balaban J connectivity index is 2.08. The van der Waals surface area contributed by atoms with E-state index in [-0.39, 0.29) is 29.8 Å². The Kier molecular flexibility index (Phi) is 12.4. The summed E-state index contributed by atoms with van der Waals surface area (Å²) in [5, 5.41) is 9.80. The van der Waals surface area contributed by atoms with Gasteiger partial charge in [-0.1, -0.05) is 45.6 Å². The third kappa shape index (κ3) is 10.2. The average Bonchev–Trinajstić information content (AvgIpc) is 3.34. The lowest BCUT2D eigenvalue weighted by Gasteiger charge is -2.30. The number of ketones is 1. The summed E-state index contributed by atoms with van der Waals surface area (Å²) in [6.07, 6.45) is 12.0. The molecular formula is C29H43NO5. The lowest BCUT2D eigenvalue weighted by Crippen LogP contribution is -2.31. The predicted molar refractivity (Wildman–Crippen MR) is 139 cm³/mol. The zero-order valence-corrected chi connectivity index (χ0v) is 21.8. The molecule has 0 saturated heterocycles. The van der Waals surface area contributed by atoms with Crippen LogP contribution in [0.2, 0.25) is 0 Å². The molecule has 0 fully saturated rings. The lowest BCUT2D eigenvalue weighted by atomic mass is 9.81. The number of hydrogen-bond acceptors (Lipinski definition) is 5. The van der Waals surface area contributed by atoms with E-state index in [0.29, 0.717) is 24.5 Å². The smallest absolute Gasteiger partial charge is 0.302 e. The van der Waals surface area contributed by atoms with Gasteiger partial charge in [-0.25, -0.2) is 0 Å². The standard InChI is InChI=1S/C29H43NO5/c1-5-7-8-9-25(17-22(6-2)16-24-14-15-30-20-24)28(35-21(3)31)19-26(32)12-10-23-11-13-27(33)29(18-23)34-4/h11,13-15,18,20,22,25,28,30,33H,5-10,12,16-17,19H2,1-4H3. The number of aromatic nitrogens is 1. The predicted octanol–water partition coefficient (Wildman–Crippen LogP) is 6.41. The number of benzene rings is 1. The minimum atomic E-state index is -0.397. The average molecular weight is 486 g/mol. The second kappa shape index (κ2) is 15.3. The largest absolute Gasteiger partial charge is 0.504 e. The molecule has 1 aromatic carbocycles. The van der Waals surface area contributed by atoms with Gasteiger partial charge in [0.05, 0.1) is 7.11 Å². The molecule has 35 heavy (non-hydrogen) atoms. The van der Waals surface area contributed by atoms with Gasteiger partial charge in [0.1, 0.15) is 11.9 Å². The van der Waals surface area contributed by atoms with E-state index in [2.05, 4.69) is 24.9 Å². The van der Waals surface area contributed by atoms with Crippen LogP contribution in [0.1, 0.15) is 83.3 Å². The molecule has 194 valence electrons. The molecule has 0 saturated carbocycles. The minimum Gasteiger partial charge on any atom is -0.504 e. The molecule has 2 aromatic rings. The van der Waals surface area contributed by atoms with E-state index in [1.54, 1.807) is 18.2 Å². The van der Waals surface area contributed by atoms with Crippen LogP contribution in [0.15, 0.2) is 36.7 Å². The maximum atomic E-state index is 13.0. The number of Topliss-reactive ketones (excluding diaryl/α,β-unsaturated/α-hetero) is 1. The number of esters is 1. The van der Waals surface area contributed by atoms with Gasteiger partial charge >= 0.3 is 5.97 Å². The number of methoxy groups -OCH3 is 1. The molecule has 2 N–H and O–H groups in total. The maximum absolute atomic E-state index is 13.0. The number of aromatic amines is 1. The van der Waals surface area contributed by atoms with Crippen molar-refractivity contribution in [3.63, 3.8) is 0 Å². The summed E-state index contributed by atoms with van der Waals surface area (Å²) in [6, 6.07) is 7.25. The van der Waals surface area contributed by atoms with Gasteiger partial charge in [0.15, 0.2) is 11.5 Å². The van der Waals surface area contributed by atoms with Crippen LogP contribution in [-0.2, 0) is 27.2 Å². The Labute approximate surface area is 210 Å². The third-order valence-corrected chi connectivity index (χ3v) is 6.79. The van der Waals surface area contributed by atoms with Gasteiger partial charge in [-0.2, -0.15) is 0 Å². The molecule has 1 heterocycles. The zero-order valence-electron chi connectivity index (χ0n) is 21.8. The van der Waals surface area contributed by atoms with Crippen molar-refractivity contribution < 1.29 is 24.2 Å². The van der Waals surface area contributed by atoms with E-state index in [9.17, 15) is 14.7 Å². The van der Waals surface area contributed by atoms with Crippen LogP contribution >= 0.6 is 0 Å². The van der Waals surface area contributed by atoms with Crippen molar-refractivity contribution in [1.29, 1.82) is 0 Å². The van der Waals surface area contributed by atoms with Crippen molar-refractivity contribution in [3.05, 3.63) is 47.8 Å². The van der Waals surface area contributed by atoms with Gasteiger partial charge in [0.2, 0.25) is 0 Å². The Bertz CT molecular complexity index is 892. The fourth-order valence-electron chi connectivity index (χ4n) is 4.76. The van der Waals surface area contributed by atoms with Gasteiger partial charge in [-0.05, 0) is 66.8 Å². The summed E-state index contributed by atoms with van der Waals surface area (Å²) < 4.78 is 10.9. The van der Waals surface area contributed by atoms with Gasteiger partial charge in [0.25, 0.3) is 0 Å². The van der Waals surface area contributed by atoms with Crippen LogP contribution < -0.4 is 4.74 Å². The summed E-state index contributed by atoms with van der Waals surface area (Å²) in [4.78, 5) is 28.1. The van der Waals surface area contributed by atoms with Crippen LogP contribution in [0.5, 0.6) is 11.5 Å². The van der Waals surface area contributed by atoms with E-state index in [0.717, 1.165) is 50.5 Å². The molecule has 0 aliphatic heterocycles. The fourth-order valence-corrected chi connectivity index (χ4v) is 4.76. The van der Waals surface area contributed by atoms with Crippen LogP contribution in [0.4, 0.5) is 0 Å². The second-order valence-corrected chi connectivity index (χ2v) is 9.59. The number of hydrogen-bond donors (Lipinski definition) is 2. The number of rotatable bonds is 17. The molecule has 0 amide bonds. The first-order chi connectivity index (χ1) is 16.9. The molecule has 6 heteroatoms. The number of nitrogens with one attached hydrogen (secondary N) is 1. The van der Waals surface area contributed by atoms with Crippen LogP contribution in [0.25, 0.3) is 0 Å². The molecule has 3 atom stereocenters. The minimum absolute atomic E-state index is 0.0811. The maximum Gasteiger partial charge on any atom is 0.302 e. The van der Waals surface area contributed by atoms with Crippen molar-refractivity contribution in [2.75, 3.05) is 7.11 Å². The summed E-state index contributed by atoms with van der Waals surface area (Å²) in [5.41, 5.74) is 2.21. The quantitative estimate of drug-likeness (QED) is 0.200. The van der Waals surface area contributed by atoms with E-state index in [1.165, 1.54) is 19.6 Å². The molecule has 0 radical (unpaired) electrons. The van der Waals surface area contributed by atoms with Crippen molar-refractivity contribution in [2.45, 2.75) is 91.1 Å². The SMILES string of the molecule is CCCCCC(CC(CC)Cc1cc[nH]c1)C(CC(=O)CCc1ccc(O)c(OC)c1)OC(C)=O. The molecular weight excluding hydrogens is 442 g/mol. The first kappa shape index (κ1) is 28.5. The molecule has 6 nitrogen and oxygen atoms in total. The van der Waals surface area contributed by atoms with Gasteiger partial charge in [0, 0.05) is 32.2 Å². The van der Waals surface area contributed by atoms with E-state index >= 15 is 0 Å². The lowest BCUT2D eigenvalue weighted by molar-refractivity contribution is -0.151. The summed E-state index contributed by atoms with van der Waals surface area (Å²) in [7, 11) is 1.51. The fraction of sp³-hybridized carbons (Fsp3) is 0.586. The number of unbranched alkanes of at least 4 members (excludes halogenated alkanes) is 2. The molecule has 0 aliphatic carbocycles. The number of H-pyrrole nitrogens is 1. The first-order valence-corrected chi connectivity index (χ1v) is 13.0. The van der Waals surface area contributed by atoms with E-state index in [1.807, 2.05) is 12.4 Å². The third-order valence-electron chi connectivity index (χ3n) is 6.79. The molecule has 2 rings (SSSR count). The Morgan fingerprint density at radius 2 is 1.91 bits per heavy atom. The van der Waals surface area contributed by atoms with Crippen LogP contribution in [0.3, 0.4) is 0 Å². The Morgan fingerprint density at radius 3 is 2.54 bits per heavy atom. The molecule has 0 bridgehead atoms. The highest BCUT2D eigenvalue weighted by molar-refractivity contribution is 5.79. The topological polar surface area (TPSA) is 88.6 Å². The highest BCUT2D eigenvalue weighted by atomic mass is 16.5. The second-order valence-electron chi connectivity index (χ2n) is 9.59. The Morgan fingerprint density at radius 1 is 1.11 bits per heavy atom. The van der Waals surface area contributed by atoms with Crippen molar-refractivity contribution in [1.82, 2.24) is 4.98 Å². The highest BCUT2D eigenvalue weighted by Gasteiger charge is 2.29. The van der Waals surface area contributed by atoms with Crippen LogP contribution in [-0.4, -0.2) is 35.1 Å². The molecule has 0 aliphatic rings. The highest BCUT2D eigenvalue weighted by Crippen LogP contribution is 2.31. The van der Waals surface area contributed by atoms with Gasteiger partial charge < -0.3 is 19.6 Å². The monoisotopic (exact) mass is 485 g/mol. The van der Waals surface area contributed by atoms with Crippen molar-refractivity contribution >= 4 is 11.8 Å². The summed E-state index contributed by atoms with van der Waals surface area (Å²) in [6.45, 7) is 5.82. The number of aryl methyl sites for hydroxylation is 1. The molecule has 3 unspecified atom stereocenters. The van der Waals surface area contributed by atoms with E-state index in [4.69, 9.17) is 9.47 Å². The molecule has 1 aromatic heterocycles. The van der Waals surface area contributed by atoms with Gasteiger partial charge in [-0.15, -0.1) is 0 Å². The summed E-state index contributed by atoms with van der Waals surface area (Å²) in [5.74, 6) is 0.865.